The largest absolute Gasteiger partial charge is 0.506 e. The van der Waals surface area contributed by atoms with Gasteiger partial charge in [-0.3, -0.25) is 0 Å². The Morgan fingerprint density at radius 1 is 1.33 bits per heavy atom. The minimum atomic E-state index is 0.100. The minimum absolute atomic E-state index is 0.100. The van der Waals surface area contributed by atoms with Gasteiger partial charge in [-0.1, -0.05) is 0 Å². The van der Waals surface area contributed by atoms with E-state index in [0.29, 0.717) is 16.7 Å². The number of hydrogen-bond donors (Lipinski definition) is 4. The third-order valence-electron chi connectivity index (χ3n) is 1.67. The van der Waals surface area contributed by atoms with E-state index in [1.54, 1.807) is 6.07 Å². The minimum Gasteiger partial charge on any atom is -0.506 e. The first-order chi connectivity index (χ1) is 5.68. The molecule has 0 atom stereocenters. The standard InChI is InChI=1S/C7H8N4O/c8-3-1-2-4(12)6-5(3)10-7(9)11-6/h1-2,12H,8H2,(H3,9,10,11). The van der Waals surface area contributed by atoms with Crippen molar-refractivity contribution in [3.8, 4) is 5.75 Å². The summed E-state index contributed by atoms with van der Waals surface area (Å²) in [5.74, 6) is 0.349. The Morgan fingerprint density at radius 3 is 2.75 bits per heavy atom. The topological polar surface area (TPSA) is 101 Å². The monoisotopic (exact) mass is 164 g/mol. The van der Waals surface area contributed by atoms with Crippen LogP contribution in [0, 0.1) is 0 Å². The van der Waals surface area contributed by atoms with Crippen LogP contribution in [-0.4, -0.2) is 15.1 Å². The lowest BCUT2D eigenvalue weighted by Gasteiger charge is -1.95. The molecule has 0 saturated carbocycles. The highest BCUT2D eigenvalue weighted by Gasteiger charge is 2.06. The predicted octanol–water partition coefficient (Wildman–Crippen LogP) is 0.433. The quantitative estimate of drug-likeness (QED) is 0.335. The zero-order valence-electron chi connectivity index (χ0n) is 6.20. The molecule has 0 aliphatic carbocycles. The number of phenols is 1. The van der Waals surface area contributed by atoms with E-state index in [-0.39, 0.29) is 11.7 Å². The van der Waals surface area contributed by atoms with E-state index in [1.807, 2.05) is 0 Å². The van der Waals surface area contributed by atoms with Crippen molar-refractivity contribution >= 4 is 22.7 Å². The van der Waals surface area contributed by atoms with Gasteiger partial charge in [0.25, 0.3) is 0 Å². The number of H-pyrrole nitrogens is 1. The number of nitrogens with zero attached hydrogens (tertiary/aromatic N) is 1. The van der Waals surface area contributed by atoms with Crippen LogP contribution >= 0.6 is 0 Å². The third-order valence-corrected chi connectivity index (χ3v) is 1.67. The summed E-state index contributed by atoms with van der Waals surface area (Å²) in [6, 6.07) is 3.08. The van der Waals surface area contributed by atoms with Crippen LogP contribution in [-0.2, 0) is 0 Å². The van der Waals surface area contributed by atoms with Gasteiger partial charge in [0.2, 0.25) is 0 Å². The summed E-state index contributed by atoms with van der Waals surface area (Å²) in [6.07, 6.45) is 0. The van der Waals surface area contributed by atoms with E-state index < -0.39 is 0 Å². The first kappa shape index (κ1) is 6.78. The van der Waals surface area contributed by atoms with Crippen LogP contribution in [0.3, 0.4) is 0 Å². The van der Waals surface area contributed by atoms with Gasteiger partial charge in [0, 0.05) is 0 Å². The highest BCUT2D eigenvalue weighted by Crippen LogP contribution is 2.27. The normalized spacial score (nSPS) is 10.7. The average Bonchev–Trinajstić information content (AvgIpc) is 2.41. The lowest BCUT2D eigenvalue weighted by atomic mass is 10.2. The van der Waals surface area contributed by atoms with Crippen molar-refractivity contribution in [3.63, 3.8) is 0 Å². The molecule has 5 nitrogen and oxygen atoms in total. The Kier molecular flexibility index (Phi) is 1.15. The predicted molar refractivity (Wildman–Crippen MR) is 46.6 cm³/mol. The second-order valence-corrected chi connectivity index (χ2v) is 2.52. The number of aromatic nitrogens is 2. The fraction of sp³-hybridized carbons (Fsp3) is 0. The highest BCUT2D eigenvalue weighted by atomic mass is 16.3. The second kappa shape index (κ2) is 2.04. The number of aromatic hydroxyl groups is 1. The summed E-state index contributed by atoms with van der Waals surface area (Å²) < 4.78 is 0. The fourth-order valence-corrected chi connectivity index (χ4v) is 1.12. The molecule has 0 aliphatic heterocycles. The molecule has 1 aromatic carbocycles. The molecule has 0 bridgehead atoms. The molecular formula is C7H8N4O. The van der Waals surface area contributed by atoms with Gasteiger partial charge in [-0.25, -0.2) is 4.98 Å². The zero-order valence-corrected chi connectivity index (χ0v) is 6.20. The SMILES string of the molecule is Nc1nc2c(N)ccc(O)c2[nH]1. The summed E-state index contributed by atoms with van der Waals surface area (Å²) in [5.41, 5.74) is 12.5. The van der Waals surface area contributed by atoms with E-state index in [0.717, 1.165) is 0 Å². The van der Waals surface area contributed by atoms with E-state index in [9.17, 15) is 5.11 Å². The lowest BCUT2D eigenvalue weighted by molar-refractivity contribution is 0.480. The number of nitrogens with two attached hydrogens (primary N) is 2. The molecule has 0 unspecified atom stereocenters. The highest BCUT2D eigenvalue weighted by molar-refractivity contribution is 5.92. The summed E-state index contributed by atoms with van der Waals surface area (Å²) >= 11 is 0. The Morgan fingerprint density at radius 2 is 2.08 bits per heavy atom. The Hall–Kier alpha value is -1.91. The van der Waals surface area contributed by atoms with Gasteiger partial charge >= 0.3 is 0 Å². The van der Waals surface area contributed by atoms with Gasteiger partial charge in [0.15, 0.2) is 5.95 Å². The van der Waals surface area contributed by atoms with Crippen LogP contribution in [0.4, 0.5) is 11.6 Å². The van der Waals surface area contributed by atoms with Gasteiger partial charge < -0.3 is 21.6 Å². The molecule has 12 heavy (non-hydrogen) atoms. The van der Waals surface area contributed by atoms with Crippen LogP contribution in [0.15, 0.2) is 12.1 Å². The zero-order chi connectivity index (χ0) is 8.72. The number of nitrogens with one attached hydrogen (secondary N) is 1. The molecule has 6 N–H and O–H groups in total. The lowest BCUT2D eigenvalue weighted by Crippen LogP contribution is -1.86. The molecular weight excluding hydrogens is 156 g/mol. The molecule has 0 aliphatic rings. The van der Waals surface area contributed by atoms with Crippen molar-refractivity contribution in [1.29, 1.82) is 0 Å². The molecule has 1 aromatic heterocycles. The molecule has 0 radical (unpaired) electrons. The molecule has 5 heteroatoms. The smallest absolute Gasteiger partial charge is 0.198 e. The number of hydrogen-bond acceptors (Lipinski definition) is 4. The number of phenolic OH excluding ortho intramolecular Hbond substituents is 1. The molecule has 0 amide bonds. The van der Waals surface area contributed by atoms with E-state index in [1.165, 1.54) is 6.07 Å². The molecule has 0 saturated heterocycles. The molecule has 2 rings (SSSR count). The number of nitrogen functional groups attached to an aromatic ring is 2. The van der Waals surface area contributed by atoms with Crippen molar-refractivity contribution in [3.05, 3.63) is 12.1 Å². The summed E-state index contributed by atoms with van der Waals surface area (Å²) in [5, 5.41) is 9.33. The molecule has 2 aromatic rings. The molecule has 0 spiro atoms. The Bertz CT molecular complexity index is 395. The summed E-state index contributed by atoms with van der Waals surface area (Å²) in [7, 11) is 0. The number of anilines is 2. The Labute approximate surface area is 68.0 Å². The first-order valence-electron chi connectivity index (χ1n) is 3.41. The molecule has 0 fully saturated rings. The summed E-state index contributed by atoms with van der Waals surface area (Å²) in [4.78, 5) is 6.61. The van der Waals surface area contributed by atoms with E-state index >= 15 is 0 Å². The van der Waals surface area contributed by atoms with Crippen molar-refractivity contribution < 1.29 is 5.11 Å². The molecule has 62 valence electrons. The number of rotatable bonds is 0. The van der Waals surface area contributed by atoms with E-state index in [4.69, 9.17) is 11.5 Å². The van der Waals surface area contributed by atoms with E-state index in [2.05, 4.69) is 9.97 Å². The second-order valence-electron chi connectivity index (χ2n) is 2.52. The number of aromatic amines is 1. The van der Waals surface area contributed by atoms with Crippen molar-refractivity contribution in [2.45, 2.75) is 0 Å². The van der Waals surface area contributed by atoms with Gasteiger partial charge in [-0.05, 0) is 12.1 Å². The van der Waals surface area contributed by atoms with Gasteiger partial charge in [0.05, 0.1) is 5.69 Å². The van der Waals surface area contributed by atoms with Crippen LogP contribution in [0.2, 0.25) is 0 Å². The van der Waals surface area contributed by atoms with Crippen molar-refractivity contribution in [2.24, 2.45) is 0 Å². The van der Waals surface area contributed by atoms with Crippen LogP contribution in [0.25, 0.3) is 11.0 Å². The average molecular weight is 164 g/mol. The maximum atomic E-state index is 9.33. The fourth-order valence-electron chi connectivity index (χ4n) is 1.12. The van der Waals surface area contributed by atoms with Gasteiger partial charge in [-0.2, -0.15) is 0 Å². The van der Waals surface area contributed by atoms with Crippen molar-refractivity contribution in [1.82, 2.24) is 9.97 Å². The van der Waals surface area contributed by atoms with Crippen LogP contribution in [0.5, 0.6) is 5.75 Å². The van der Waals surface area contributed by atoms with Gasteiger partial charge in [0.1, 0.15) is 16.8 Å². The maximum Gasteiger partial charge on any atom is 0.198 e. The Balaban J connectivity index is 2.93. The maximum absolute atomic E-state index is 9.33. The summed E-state index contributed by atoms with van der Waals surface area (Å²) in [6.45, 7) is 0. The molecule has 1 heterocycles. The third kappa shape index (κ3) is 0.763. The number of fused-ring (bicyclic) bond motifs is 1. The first-order valence-corrected chi connectivity index (χ1v) is 3.41. The number of imidazole rings is 1. The van der Waals surface area contributed by atoms with Crippen LogP contribution in [0.1, 0.15) is 0 Å². The van der Waals surface area contributed by atoms with Gasteiger partial charge in [-0.15, -0.1) is 0 Å². The number of benzene rings is 1. The van der Waals surface area contributed by atoms with Crippen molar-refractivity contribution in [2.75, 3.05) is 11.5 Å². The van der Waals surface area contributed by atoms with Crippen LogP contribution < -0.4 is 11.5 Å².